The highest BCUT2D eigenvalue weighted by Crippen LogP contribution is 2.65. The molecule has 2 aromatic rings. The molecular formula is C60H91NO18Si2. The molecule has 4 aliphatic rings. The van der Waals surface area contributed by atoms with Gasteiger partial charge in [0.15, 0.2) is 31.9 Å². The van der Waals surface area contributed by atoms with Crippen LogP contribution in [0.25, 0.3) is 0 Å². The highest BCUT2D eigenvalue weighted by atomic mass is 28.4. The molecule has 0 unspecified atom stereocenters. The number of hydrogen-bond donors (Lipinski definition) is 2. The maximum atomic E-state index is 16.8. The zero-order chi connectivity index (χ0) is 60.7. The standard InChI is InChI=1S/C60H91NO18Si2/c1-21-80(22-2,23-3)78-44-30-45-59(32-72-45,76-38(12)63)50-52(75-53(65)40-29-39(69-19)26-27-41(40)70-20)60(68)31-43(36(10)46(57(60,16)17)48(73-37(11)62)51(64)58(44,50)18)74-54(66)49(79-81(33(4)5,34(6)7)35(8)9)47(42-25-24-28-71-42)61-55(67)77-56(13,14)15/h24-29,33-35,43-45,47-50,52,68H,21-23,30-32H2,1-20H3,(H,61,67)/t43-,44-,45+,47-,48+,49+,50-,52-,58+,59-,60+/m0/s1. The van der Waals surface area contributed by atoms with Gasteiger partial charge in [-0.05, 0) is 111 Å². The summed E-state index contributed by atoms with van der Waals surface area (Å²) in [6.07, 6.45) is -8.71. The average Bonchev–Trinajstić information content (AvgIpc) is 4.03. The number of aliphatic hydroxyl groups is 1. The Morgan fingerprint density at radius 1 is 0.864 bits per heavy atom. The van der Waals surface area contributed by atoms with Gasteiger partial charge in [0.25, 0.3) is 0 Å². The van der Waals surface area contributed by atoms with Crippen LogP contribution in [-0.4, -0.2) is 132 Å². The molecule has 19 nitrogen and oxygen atoms in total. The minimum atomic E-state index is -3.13. The second kappa shape index (κ2) is 24.3. The van der Waals surface area contributed by atoms with E-state index >= 15 is 14.4 Å². The number of Topliss-reactive ketones (excluding diaryl/α,β-unsaturated/α-hetero) is 1. The molecule has 1 amide bonds. The molecule has 3 aliphatic carbocycles. The van der Waals surface area contributed by atoms with Crippen molar-refractivity contribution in [3.8, 4) is 11.5 Å². The van der Waals surface area contributed by atoms with Crippen molar-refractivity contribution in [2.75, 3.05) is 20.8 Å². The molecule has 0 spiro atoms. The van der Waals surface area contributed by atoms with Gasteiger partial charge in [0, 0.05) is 32.1 Å². The number of rotatable bonds is 21. The van der Waals surface area contributed by atoms with Crippen molar-refractivity contribution in [1.82, 2.24) is 5.32 Å². The maximum absolute atomic E-state index is 16.8. The summed E-state index contributed by atoms with van der Waals surface area (Å²) >= 11 is 0. The van der Waals surface area contributed by atoms with Crippen LogP contribution in [0.3, 0.4) is 0 Å². The molecule has 0 radical (unpaired) electrons. The number of carbonyl (C=O) groups excluding carboxylic acids is 6. The average molecular weight is 1170 g/mol. The van der Waals surface area contributed by atoms with Crippen molar-refractivity contribution in [1.29, 1.82) is 0 Å². The van der Waals surface area contributed by atoms with E-state index in [9.17, 15) is 19.5 Å². The van der Waals surface area contributed by atoms with Crippen LogP contribution < -0.4 is 14.8 Å². The fourth-order valence-electron chi connectivity index (χ4n) is 14.2. The number of ketones is 1. The molecule has 1 saturated heterocycles. The van der Waals surface area contributed by atoms with Gasteiger partial charge in [0.2, 0.25) is 8.32 Å². The number of hydrogen-bond acceptors (Lipinski definition) is 18. The Bertz CT molecular complexity index is 2640. The molecule has 2 N–H and O–H groups in total. The van der Waals surface area contributed by atoms with E-state index in [2.05, 4.69) is 5.32 Å². The third kappa shape index (κ3) is 11.8. The van der Waals surface area contributed by atoms with Crippen LogP contribution in [0.15, 0.2) is 52.2 Å². The number of carbonyl (C=O) groups is 6. The number of nitrogens with one attached hydrogen (secondary N) is 1. The highest BCUT2D eigenvalue weighted by molar-refractivity contribution is 6.77. The number of benzene rings is 1. The molecule has 11 atom stereocenters. The summed E-state index contributed by atoms with van der Waals surface area (Å²) in [5.74, 6) is -5.26. The molecule has 2 bridgehead atoms. The summed E-state index contributed by atoms with van der Waals surface area (Å²) in [5.41, 5.74) is -8.84. The van der Waals surface area contributed by atoms with Crippen LogP contribution in [0, 0.1) is 16.7 Å². The van der Waals surface area contributed by atoms with Gasteiger partial charge in [0.05, 0.1) is 44.5 Å². The van der Waals surface area contributed by atoms with Gasteiger partial charge in [-0.15, -0.1) is 0 Å². The van der Waals surface area contributed by atoms with Crippen molar-refractivity contribution in [3.63, 3.8) is 0 Å². The number of alkyl carbamates (subject to hydrolysis) is 1. The minimum absolute atomic E-state index is 0.0432. The molecule has 1 aromatic carbocycles. The zero-order valence-electron chi connectivity index (χ0n) is 51.4. The zero-order valence-corrected chi connectivity index (χ0v) is 53.4. The number of ether oxygens (including phenoxy) is 8. The number of amides is 1. The lowest BCUT2D eigenvalue weighted by Crippen LogP contribution is -2.82. The van der Waals surface area contributed by atoms with Crippen molar-refractivity contribution < 1.29 is 85.0 Å². The minimum Gasteiger partial charge on any atom is -0.497 e. The summed E-state index contributed by atoms with van der Waals surface area (Å²) < 4.78 is 70.6. The molecule has 21 heteroatoms. The SMILES string of the molecule is CC[Si](CC)(CC)O[C@H]1C[C@H]2OC[C@@]2(OC(C)=O)[C@H]2[C@H](OC(=O)c3cc(OC)ccc3OC)[C@]3(O)C[C@H](OC(=O)[C@H](O[Si](C(C)C)(C(C)C)C(C)C)[C@@H](NC(=O)OC(C)(C)C)c4ccco4)C(C)=C([C@@H](OC(C)=O)C(=O)[C@]12C)C3(C)C. The Hall–Kier alpha value is -5.07. The lowest BCUT2D eigenvalue weighted by Gasteiger charge is -2.68. The van der Waals surface area contributed by atoms with E-state index in [1.165, 1.54) is 46.5 Å². The van der Waals surface area contributed by atoms with E-state index in [-0.39, 0.29) is 63.6 Å². The predicted molar refractivity (Wildman–Crippen MR) is 304 cm³/mol. The Kier molecular flexibility index (Phi) is 19.5. The predicted octanol–water partition coefficient (Wildman–Crippen LogP) is 10.7. The summed E-state index contributed by atoms with van der Waals surface area (Å²) in [6, 6.07) is 8.39. The highest BCUT2D eigenvalue weighted by Gasteiger charge is 2.79. The fourth-order valence-corrected chi connectivity index (χ4v) is 22.6. The quantitative estimate of drug-likeness (QED) is 0.0511. The van der Waals surface area contributed by atoms with Gasteiger partial charge in [-0.2, -0.15) is 0 Å². The Labute approximate surface area is 480 Å². The van der Waals surface area contributed by atoms with Crippen LogP contribution in [0.1, 0.15) is 160 Å². The van der Waals surface area contributed by atoms with Gasteiger partial charge in [-0.25, -0.2) is 14.4 Å². The number of fused-ring (bicyclic) bond motifs is 5. The fraction of sp³-hybridized carbons (Fsp3) is 0.700. The van der Waals surface area contributed by atoms with Gasteiger partial charge in [-0.1, -0.05) is 76.2 Å². The molecule has 1 aliphatic heterocycles. The third-order valence-electron chi connectivity index (χ3n) is 18.4. The summed E-state index contributed by atoms with van der Waals surface area (Å²) in [5, 5.41) is 17.5. The van der Waals surface area contributed by atoms with E-state index in [1.807, 2.05) is 62.3 Å². The Morgan fingerprint density at radius 3 is 1.96 bits per heavy atom. The van der Waals surface area contributed by atoms with E-state index in [4.69, 9.17) is 51.2 Å². The van der Waals surface area contributed by atoms with Crippen LogP contribution >= 0.6 is 0 Å². The van der Waals surface area contributed by atoms with E-state index < -0.39 is 135 Å². The molecule has 2 heterocycles. The first-order valence-electron chi connectivity index (χ1n) is 28.6. The molecule has 452 valence electrons. The molecule has 2 saturated carbocycles. The van der Waals surface area contributed by atoms with Crippen LogP contribution in [-0.2, 0) is 56.5 Å². The summed E-state index contributed by atoms with van der Waals surface area (Å²) in [6.45, 7) is 32.2. The first-order valence-corrected chi connectivity index (χ1v) is 33.3. The monoisotopic (exact) mass is 1170 g/mol. The number of methoxy groups -OCH3 is 2. The maximum Gasteiger partial charge on any atom is 0.408 e. The van der Waals surface area contributed by atoms with Crippen molar-refractivity contribution in [3.05, 3.63) is 59.1 Å². The summed E-state index contributed by atoms with van der Waals surface area (Å²) in [4.78, 5) is 89.5. The molecule has 6 rings (SSSR count). The van der Waals surface area contributed by atoms with Gasteiger partial charge in [-0.3, -0.25) is 14.4 Å². The second-order valence-corrected chi connectivity index (χ2v) is 35.3. The van der Waals surface area contributed by atoms with Crippen molar-refractivity contribution in [2.45, 2.75) is 232 Å². The van der Waals surface area contributed by atoms with E-state index in [1.54, 1.807) is 66.7 Å². The van der Waals surface area contributed by atoms with E-state index in [0.29, 0.717) is 18.1 Å². The first-order chi connectivity index (χ1) is 37.6. The molecular weight excluding hydrogens is 1080 g/mol. The van der Waals surface area contributed by atoms with E-state index in [0.717, 1.165) is 0 Å². The van der Waals surface area contributed by atoms with Crippen LogP contribution in [0.4, 0.5) is 4.79 Å². The number of furan rings is 1. The van der Waals surface area contributed by atoms with Gasteiger partial charge < -0.3 is 61.6 Å². The topological polar surface area (TPSA) is 240 Å². The molecule has 81 heavy (non-hydrogen) atoms. The first kappa shape index (κ1) is 65.1. The normalized spacial score (nSPS) is 28.1. The van der Waals surface area contributed by atoms with Gasteiger partial charge >= 0.3 is 30.0 Å². The second-order valence-electron chi connectivity index (χ2n) is 25.2. The van der Waals surface area contributed by atoms with Crippen molar-refractivity contribution in [2.24, 2.45) is 16.7 Å². The largest absolute Gasteiger partial charge is 0.497 e. The number of esters is 4. The third-order valence-corrected chi connectivity index (χ3v) is 29.2. The lowest BCUT2D eigenvalue weighted by atomic mass is 9.44. The van der Waals surface area contributed by atoms with Crippen LogP contribution in [0.5, 0.6) is 11.5 Å². The molecule has 1 aromatic heterocycles. The van der Waals surface area contributed by atoms with Crippen LogP contribution in [0.2, 0.25) is 34.8 Å². The lowest BCUT2D eigenvalue weighted by molar-refractivity contribution is -0.344. The molecule has 3 fully saturated rings. The van der Waals surface area contributed by atoms with Gasteiger partial charge in [0.1, 0.15) is 58.4 Å². The Balaban J connectivity index is 1.71. The summed E-state index contributed by atoms with van der Waals surface area (Å²) in [7, 11) is -3.04. The van der Waals surface area contributed by atoms with Crippen molar-refractivity contribution >= 4 is 52.4 Å². The smallest absolute Gasteiger partial charge is 0.408 e. The Morgan fingerprint density at radius 2 is 1.48 bits per heavy atom.